The van der Waals surface area contributed by atoms with Gasteiger partial charge in [-0.05, 0) is 36.5 Å². The van der Waals surface area contributed by atoms with Gasteiger partial charge in [-0.15, -0.1) is 0 Å². The third-order valence-electron chi connectivity index (χ3n) is 4.32. The van der Waals surface area contributed by atoms with Crippen LogP contribution in [0.4, 0.5) is 4.39 Å². The predicted molar refractivity (Wildman–Crippen MR) is 87.0 cm³/mol. The average molecular weight is 313 g/mol. The van der Waals surface area contributed by atoms with Gasteiger partial charge in [0.25, 0.3) is 0 Å². The summed E-state index contributed by atoms with van der Waals surface area (Å²) < 4.78 is 13.8. The van der Waals surface area contributed by atoms with Crippen LogP contribution in [-0.4, -0.2) is 24.0 Å². The lowest BCUT2D eigenvalue weighted by molar-refractivity contribution is 0.121. The van der Waals surface area contributed by atoms with Crippen molar-refractivity contribution in [3.05, 3.63) is 34.6 Å². The molecular weight excluding hydrogens is 287 g/mol. The highest BCUT2D eigenvalue weighted by Crippen LogP contribution is 2.32. The molecule has 1 aromatic rings. The molecule has 0 saturated heterocycles. The van der Waals surface area contributed by atoms with Gasteiger partial charge in [0.05, 0.1) is 5.02 Å². The van der Waals surface area contributed by atoms with Crippen molar-refractivity contribution >= 4 is 11.6 Å². The maximum atomic E-state index is 13.8. The van der Waals surface area contributed by atoms with Gasteiger partial charge in [0.15, 0.2) is 0 Å². The smallest absolute Gasteiger partial charge is 0.142 e. The largest absolute Gasteiger partial charge is 0.329 e. The van der Waals surface area contributed by atoms with E-state index in [1.54, 1.807) is 12.1 Å². The summed E-state index contributed by atoms with van der Waals surface area (Å²) in [5.74, 6) is 0.209. The van der Waals surface area contributed by atoms with E-state index in [4.69, 9.17) is 17.3 Å². The molecule has 1 aliphatic rings. The molecule has 4 heteroatoms. The van der Waals surface area contributed by atoms with Crippen LogP contribution in [-0.2, 0) is 0 Å². The molecule has 0 spiro atoms. The first-order valence-corrected chi connectivity index (χ1v) is 8.31. The first-order valence-electron chi connectivity index (χ1n) is 7.93. The van der Waals surface area contributed by atoms with Gasteiger partial charge in [-0.3, -0.25) is 4.90 Å². The summed E-state index contributed by atoms with van der Waals surface area (Å²) in [7, 11) is 0. The fourth-order valence-corrected chi connectivity index (χ4v) is 3.49. The Bertz CT molecular complexity index is 458. The maximum absolute atomic E-state index is 13.8. The summed E-state index contributed by atoms with van der Waals surface area (Å²) in [5.41, 5.74) is 6.98. The van der Waals surface area contributed by atoms with Crippen LogP contribution < -0.4 is 5.73 Å². The first-order chi connectivity index (χ1) is 10.0. The van der Waals surface area contributed by atoms with E-state index in [0.717, 1.165) is 12.1 Å². The van der Waals surface area contributed by atoms with E-state index >= 15 is 0 Å². The second-order valence-electron chi connectivity index (χ2n) is 6.45. The van der Waals surface area contributed by atoms with Crippen LogP contribution in [0.3, 0.4) is 0 Å². The summed E-state index contributed by atoms with van der Waals surface area (Å²) in [6.07, 6.45) is 5.01. The fraction of sp³-hybridized carbons (Fsp3) is 0.647. The molecule has 2 rings (SSSR count). The van der Waals surface area contributed by atoms with Crippen LogP contribution in [0.5, 0.6) is 0 Å². The van der Waals surface area contributed by atoms with Crippen molar-refractivity contribution in [3.8, 4) is 0 Å². The number of hydrogen-bond acceptors (Lipinski definition) is 2. The molecule has 0 heterocycles. The third-order valence-corrected chi connectivity index (χ3v) is 4.63. The highest BCUT2D eigenvalue weighted by molar-refractivity contribution is 6.30. The van der Waals surface area contributed by atoms with Gasteiger partial charge in [0.2, 0.25) is 0 Å². The Kier molecular flexibility index (Phi) is 6.03. The van der Waals surface area contributed by atoms with Crippen LogP contribution in [0.2, 0.25) is 5.02 Å². The Morgan fingerprint density at radius 1 is 1.33 bits per heavy atom. The van der Waals surface area contributed by atoms with E-state index in [1.807, 2.05) is 6.07 Å². The SMILES string of the molecule is CC(C)CN(C1CCCC1)C(CN)c1ccc(Cl)c(F)c1. The number of halogens is 2. The van der Waals surface area contributed by atoms with Gasteiger partial charge in [-0.1, -0.05) is 44.4 Å². The number of nitrogens with zero attached hydrogens (tertiary/aromatic N) is 1. The summed E-state index contributed by atoms with van der Waals surface area (Å²) in [6, 6.07) is 5.73. The topological polar surface area (TPSA) is 29.3 Å². The van der Waals surface area contributed by atoms with Crippen molar-refractivity contribution in [1.82, 2.24) is 4.90 Å². The summed E-state index contributed by atoms with van der Waals surface area (Å²) in [5, 5.41) is 0.172. The van der Waals surface area contributed by atoms with Crippen molar-refractivity contribution in [3.63, 3.8) is 0 Å². The van der Waals surface area contributed by atoms with Crippen LogP contribution in [0.15, 0.2) is 18.2 Å². The quantitative estimate of drug-likeness (QED) is 0.844. The second kappa shape index (κ2) is 7.57. The Labute approximate surface area is 132 Å². The maximum Gasteiger partial charge on any atom is 0.142 e. The Balaban J connectivity index is 2.26. The first kappa shape index (κ1) is 16.7. The number of rotatable bonds is 6. The summed E-state index contributed by atoms with van der Waals surface area (Å²) in [4.78, 5) is 2.49. The molecular formula is C17H26ClFN2. The molecule has 0 aliphatic heterocycles. The highest BCUT2D eigenvalue weighted by atomic mass is 35.5. The van der Waals surface area contributed by atoms with Crippen molar-refractivity contribution in [2.75, 3.05) is 13.1 Å². The van der Waals surface area contributed by atoms with Crippen LogP contribution in [0, 0.1) is 11.7 Å². The van der Waals surface area contributed by atoms with E-state index in [0.29, 0.717) is 18.5 Å². The van der Waals surface area contributed by atoms with Crippen molar-refractivity contribution in [2.24, 2.45) is 11.7 Å². The Morgan fingerprint density at radius 3 is 2.52 bits per heavy atom. The van der Waals surface area contributed by atoms with Crippen molar-refractivity contribution in [1.29, 1.82) is 0 Å². The van der Waals surface area contributed by atoms with Gasteiger partial charge >= 0.3 is 0 Å². The molecule has 1 fully saturated rings. The zero-order valence-electron chi connectivity index (χ0n) is 13.0. The van der Waals surface area contributed by atoms with E-state index in [2.05, 4.69) is 18.7 Å². The van der Waals surface area contributed by atoms with Gasteiger partial charge in [-0.25, -0.2) is 4.39 Å². The molecule has 0 amide bonds. The molecule has 0 bridgehead atoms. The monoisotopic (exact) mass is 312 g/mol. The normalized spacial score (nSPS) is 17.9. The highest BCUT2D eigenvalue weighted by Gasteiger charge is 2.29. The lowest BCUT2D eigenvalue weighted by atomic mass is 10.0. The molecule has 1 aromatic carbocycles. The van der Waals surface area contributed by atoms with E-state index in [-0.39, 0.29) is 16.9 Å². The lowest BCUT2D eigenvalue weighted by Crippen LogP contribution is -2.42. The molecule has 2 nitrogen and oxygen atoms in total. The molecule has 2 N–H and O–H groups in total. The Morgan fingerprint density at radius 2 is 2.00 bits per heavy atom. The van der Waals surface area contributed by atoms with Crippen molar-refractivity contribution < 1.29 is 4.39 Å². The van der Waals surface area contributed by atoms with Gasteiger partial charge in [0, 0.05) is 25.2 Å². The van der Waals surface area contributed by atoms with Crippen LogP contribution in [0.25, 0.3) is 0 Å². The van der Waals surface area contributed by atoms with Gasteiger partial charge < -0.3 is 5.73 Å². The standard InChI is InChI=1S/C17H26ClFN2/c1-12(2)11-21(14-5-3-4-6-14)17(10-20)13-7-8-15(18)16(19)9-13/h7-9,12,14,17H,3-6,10-11,20H2,1-2H3. The molecule has 118 valence electrons. The van der Waals surface area contributed by atoms with Gasteiger partial charge in [-0.2, -0.15) is 0 Å². The van der Waals surface area contributed by atoms with E-state index in [9.17, 15) is 4.39 Å². The third kappa shape index (κ3) is 4.18. The fourth-order valence-electron chi connectivity index (χ4n) is 3.37. The van der Waals surface area contributed by atoms with Crippen LogP contribution in [0.1, 0.15) is 51.1 Å². The van der Waals surface area contributed by atoms with Crippen LogP contribution >= 0.6 is 11.6 Å². The molecule has 1 aliphatic carbocycles. The minimum absolute atomic E-state index is 0.0715. The zero-order chi connectivity index (χ0) is 15.4. The molecule has 21 heavy (non-hydrogen) atoms. The van der Waals surface area contributed by atoms with E-state index in [1.165, 1.54) is 25.7 Å². The lowest BCUT2D eigenvalue weighted by Gasteiger charge is -2.37. The number of benzene rings is 1. The molecule has 1 saturated carbocycles. The molecule has 0 aromatic heterocycles. The molecule has 1 atom stereocenters. The predicted octanol–water partition coefficient (Wildman–Crippen LogP) is 4.38. The van der Waals surface area contributed by atoms with Gasteiger partial charge in [0.1, 0.15) is 5.82 Å². The zero-order valence-corrected chi connectivity index (χ0v) is 13.7. The average Bonchev–Trinajstić information content (AvgIpc) is 2.96. The minimum Gasteiger partial charge on any atom is -0.329 e. The Hall–Kier alpha value is -0.640. The summed E-state index contributed by atoms with van der Waals surface area (Å²) in [6.45, 7) is 5.94. The molecule has 0 radical (unpaired) electrons. The number of nitrogens with two attached hydrogens (primary N) is 1. The minimum atomic E-state index is -0.358. The second-order valence-corrected chi connectivity index (χ2v) is 6.86. The summed E-state index contributed by atoms with van der Waals surface area (Å²) >= 11 is 5.80. The molecule has 1 unspecified atom stereocenters. The number of hydrogen-bond donors (Lipinski definition) is 1. The van der Waals surface area contributed by atoms with E-state index < -0.39 is 0 Å². The van der Waals surface area contributed by atoms with Crippen molar-refractivity contribution in [2.45, 2.75) is 51.6 Å².